The Morgan fingerprint density at radius 2 is 2.00 bits per heavy atom. The summed E-state index contributed by atoms with van der Waals surface area (Å²) in [7, 11) is 0. The molecule has 1 N–H and O–H groups in total. The van der Waals surface area contributed by atoms with Gasteiger partial charge in [0.05, 0.1) is 6.10 Å². The van der Waals surface area contributed by atoms with E-state index in [-0.39, 0.29) is 6.10 Å². The zero-order valence-corrected chi connectivity index (χ0v) is 7.46. The number of aliphatic hydroxyl groups excluding tert-OH is 1. The van der Waals surface area contributed by atoms with Gasteiger partial charge in [-0.05, 0) is 12.8 Å². The molecule has 0 aromatic rings. The molecule has 0 radical (unpaired) electrons. The summed E-state index contributed by atoms with van der Waals surface area (Å²) < 4.78 is 0. The molecule has 0 aromatic heterocycles. The van der Waals surface area contributed by atoms with Crippen LogP contribution < -0.4 is 0 Å². The standard InChI is InChI=1S/C10H18O/c1-3-5-6-7-8-9-10(11)4-2/h6-11H,3-5H2,1-2H3. The highest BCUT2D eigenvalue weighted by atomic mass is 16.3. The van der Waals surface area contributed by atoms with Crippen LogP contribution in [0.4, 0.5) is 0 Å². The number of rotatable bonds is 5. The molecule has 0 aliphatic heterocycles. The molecule has 0 aliphatic rings. The molecule has 0 aromatic carbocycles. The lowest BCUT2D eigenvalue weighted by Gasteiger charge is -1.96. The lowest BCUT2D eigenvalue weighted by atomic mass is 10.2. The molecule has 64 valence electrons. The molecule has 1 nitrogen and oxygen atoms in total. The first kappa shape index (κ1) is 10.4. The molecule has 0 saturated heterocycles. The van der Waals surface area contributed by atoms with Crippen molar-refractivity contribution in [2.24, 2.45) is 0 Å². The van der Waals surface area contributed by atoms with Gasteiger partial charge in [0.15, 0.2) is 0 Å². The first-order chi connectivity index (χ1) is 5.31. The maximum atomic E-state index is 9.09. The Labute approximate surface area is 69.4 Å². The summed E-state index contributed by atoms with van der Waals surface area (Å²) in [5.74, 6) is 0. The van der Waals surface area contributed by atoms with E-state index in [2.05, 4.69) is 13.0 Å². The van der Waals surface area contributed by atoms with Gasteiger partial charge in [-0.15, -0.1) is 0 Å². The predicted molar refractivity (Wildman–Crippen MR) is 49.5 cm³/mol. The van der Waals surface area contributed by atoms with Crippen LogP contribution in [0.25, 0.3) is 0 Å². The fourth-order valence-corrected chi connectivity index (χ4v) is 0.670. The maximum absolute atomic E-state index is 9.09. The molecule has 0 heterocycles. The molecule has 0 amide bonds. The number of aliphatic hydroxyl groups is 1. The summed E-state index contributed by atoms with van der Waals surface area (Å²) in [5, 5.41) is 9.09. The van der Waals surface area contributed by atoms with Gasteiger partial charge in [0.1, 0.15) is 0 Å². The maximum Gasteiger partial charge on any atom is 0.0721 e. The fraction of sp³-hybridized carbons (Fsp3) is 0.600. The lowest BCUT2D eigenvalue weighted by Crippen LogP contribution is -1.97. The van der Waals surface area contributed by atoms with E-state index in [0.717, 1.165) is 12.8 Å². The highest BCUT2D eigenvalue weighted by molar-refractivity contribution is 5.04. The zero-order chi connectivity index (χ0) is 8.53. The van der Waals surface area contributed by atoms with Crippen LogP contribution in [0.2, 0.25) is 0 Å². The van der Waals surface area contributed by atoms with Crippen LogP contribution >= 0.6 is 0 Å². The Balaban J connectivity index is 3.42. The Bertz CT molecular complexity index is 125. The number of hydrogen-bond donors (Lipinski definition) is 1. The number of unbranched alkanes of at least 4 members (excludes halogenated alkanes) is 1. The fourth-order valence-electron chi connectivity index (χ4n) is 0.670. The third kappa shape index (κ3) is 7.34. The van der Waals surface area contributed by atoms with Gasteiger partial charge in [0, 0.05) is 0 Å². The lowest BCUT2D eigenvalue weighted by molar-refractivity contribution is 0.219. The summed E-state index contributed by atoms with van der Waals surface area (Å²) >= 11 is 0. The molecule has 0 rings (SSSR count). The van der Waals surface area contributed by atoms with E-state index in [1.54, 1.807) is 0 Å². The summed E-state index contributed by atoms with van der Waals surface area (Å²) in [6.07, 6.45) is 10.6. The van der Waals surface area contributed by atoms with E-state index in [0.29, 0.717) is 0 Å². The molecule has 1 atom stereocenters. The van der Waals surface area contributed by atoms with Crippen molar-refractivity contribution < 1.29 is 5.11 Å². The smallest absolute Gasteiger partial charge is 0.0721 e. The zero-order valence-electron chi connectivity index (χ0n) is 7.46. The van der Waals surface area contributed by atoms with Crippen LogP contribution in [0.5, 0.6) is 0 Å². The topological polar surface area (TPSA) is 20.2 Å². The third-order valence-corrected chi connectivity index (χ3v) is 1.45. The second kappa shape index (κ2) is 7.55. The summed E-state index contributed by atoms with van der Waals surface area (Å²) in [4.78, 5) is 0. The van der Waals surface area contributed by atoms with Gasteiger partial charge in [-0.3, -0.25) is 0 Å². The number of hydrogen-bond acceptors (Lipinski definition) is 1. The van der Waals surface area contributed by atoms with Crippen molar-refractivity contribution in [2.45, 2.75) is 39.2 Å². The van der Waals surface area contributed by atoms with E-state index in [9.17, 15) is 0 Å². The number of allylic oxidation sites excluding steroid dienone is 3. The summed E-state index contributed by atoms with van der Waals surface area (Å²) in [6.45, 7) is 4.11. The Morgan fingerprint density at radius 3 is 2.55 bits per heavy atom. The minimum absolute atomic E-state index is 0.277. The second-order valence-corrected chi connectivity index (χ2v) is 2.58. The van der Waals surface area contributed by atoms with Crippen LogP contribution in [0.3, 0.4) is 0 Å². The van der Waals surface area contributed by atoms with Crippen LogP contribution in [0.1, 0.15) is 33.1 Å². The average molecular weight is 154 g/mol. The molecule has 1 heteroatoms. The minimum Gasteiger partial charge on any atom is -0.389 e. The van der Waals surface area contributed by atoms with E-state index >= 15 is 0 Å². The van der Waals surface area contributed by atoms with Crippen molar-refractivity contribution in [3.05, 3.63) is 24.3 Å². The Kier molecular flexibility index (Phi) is 7.16. The van der Waals surface area contributed by atoms with Gasteiger partial charge in [-0.25, -0.2) is 0 Å². The summed E-state index contributed by atoms with van der Waals surface area (Å²) in [5.41, 5.74) is 0. The van der Waals surface area contributed by atoms with Crippen LogP contribution in [-0.2, 0) is 0 Å². The molecular formula is C10H18O. The molecule has 11 heavy (non-hydrogen) atoms. The van der Waals surface area contributed by atoms with Crippen molar-refractivity contribution in [3.63, 3.8) is 0 Å². The van der Waals surface area contributed by atoms with Crippen molar-refractivity contribution in [2.75, 3.05) is 0 Å². The van der Waals surface area contributed by atoms with Crippen molar-refractivity contribution in [1.82, 2.24) is 0 Å². The van der Waals surface area contributed by atoms with Crippen molar-refractivity contribution >= 4 is 0 Å². The molecule has 0 spiro atoms. The predicted octanol–water partition coefficient (Wildman–Crippen LogP) is 2.67. The third-order valence-electron chi connectivity index (χ3n) is 1.45. The second-order valence-electron chi connectivity index (χ2n) is 2.58. The molecule has 0 saturated carbocycles. The van der Waals surface area contributed by atoms with E-state index in [4.69, 9.17) is 5.11 Å². The SMILES string of the molecule is CCCC=CC=CC(O)CC. The van der Waals surface area contributed by atoms with Crippen LogP contribution in [0, 0.1) is 0 Å². The molecule has 0 bridgehead atoms. The van der Waals surface area contributed by atoms with Crippen LogP contribution in [-0.4, -0.2) is 11.2 Å². The van der Waals surface area contributed by atoms with Gasteiger partial charge in [0.2, 0.25) is 0 Å². The molecule has 1 unspecified atom stereocenters. The van der Waals surface area contributed by atoms with E-state index < -0.39 is 0 Å². The van der Waals surface area contributed by atoms with Crippen molar-refractivity contribution in [1.29, 1.82) is 0 Å². The van der Waals surface area contributed by atoms with Gasteiger partial charge in [0.25, 0.3) is 0 Å². The van der Waals surface area contributed by atoms with Crippen LogP contribution in [0.15, 0.2) is 24.3 Å². The normalized spacial score (nSPS) is 14.8. The molecule has 0 fully saturated rings. The van der Waals surface area contributed by atoms with Gasteiger partial charge >= 0.3 is 0 Å². The van der Waals surface area contributed by atoms with E-state index in [1.165, 1.54) is 6.42 Å². The monoisotopic (exact) mass is 154 g/mol. The van der Waals surface area contributed by atoms with E-state index in [1.807, 2.05) is 25.2 Å². The first-order valence-electron chi connectivity index (χ1n) is 4.32. The highest BCUT2D eigenvalue weighted by Gasteiger charge is 1.88. The molecular weight excluding hydrogens is 136 g/mol. The van der Waals surface area contributed by atoms with Gasteiger partial charge in [-0.1, -0.05) is 44.6 Å². The summed E-state index contributed by atoms with van der Waals surface area (Å²) in [6, 6.07) is 0. The average Bonchev–Trinajstić information content (AvgIpc) is 2.04. The minimum atomic E-state index is -0.277. The highest BCUT2D eigenvalue weighted by Crippen LogP contribution is 1.93. The largest absolute Gasteiger partial charge is 0.389 e. The Hall–Kier alpha value is -0.560. The van der Waals surface area contributed by atoms with Gasteiger partial charge in [-0.2, -0.15) is 0 Å². The van der Waals surface area contributed by atoms with Gasteiger partial charge < -0.3 is 5.11 Å². The quantitative estimate of drug-likeness (QED) is 0.604. The molecule has 0 aliphatic carbocycles. The Morgan fingerprint density at radius 1 is 1.27 bits per heavy atom. The van der Waals surface area contributed by atoms with Crippen molar-refractivity contribution in [3.8, 4) is 0 Å². The first-order valence-corrected chi connectivity index (χ1v) is 4.32.